The molecule has 0 N–H and O–H groups in total. The summed E-state index contributed by atoms with van der Waals surface area (Å²) in [4.78, 5) is 14.8. The third-order valence-electron chi connectivity index (χ3n) is 5.76. The van der Waals surface area contributed by atoms with E-state index in [0.29, 0.717) is 5.56 Å². The predicted molar refractivity (Wildman–Crippen MR) is 126 cm³/mol. The summed E-state index contributed by atoms with van der Waals surface area (Å²) in [6.45, 7) is 0.884. The smallest absolute Gasteiger partial charge is 0.253 e. The highest BCUT2D eigenvalue weighted by Crippen LogP contribution is 2.23. The van der Waals surface area contributed by atoms with E-state index in [-0.39, 0.29) is 41.9 Å². The van der Waals surface area contributed by atoms with E-state index in [1.54, 1.807) is 23.1 Å². The van der Waals surface area contributed by atoms with Gasteiger partial charge in [0.15, 0.2) is 0 Å². The molecule has 0 aromatic heterocycles. The highest BCUT2D eigenvalue weighted by atomic mass is 32.2. The number of hydrogen-bond acceptors (Lipinski definition) is 5. The SMILES string of the molecule is CN(C)S(=O)(=O)c1ccc(C(=O)N2CCN(S(=O)(=O)c3ccc4ccccc4c3)CC2)cc1. The van der Waals surface area contributed by atoms with Gasteiger partial charge in [0, 0.05) is 45.8 Å². The molecule has 1 amide bonds. The fraction of sp³-hybridized carbons (Fsp3) is 0.261. The van der Waals surface area contributed by atoms with Crippen LogP contribution >= 0.6 is 0 Å². The lowest BCUT2D eigenvalue weighted by molar-refractivity contribution is 0.0698. The van der Waals surface area contributed by atoms with E-state index in [2.05, 4.69) is 0 Å². The van der Waals surface area contributed by atoms with Crippen molar-refractivity contribution in [1.82, 2.24) is 13.5 Å². The van der Waals surface area contributed by atoms with Crippen LogP contribution in [-0.4, -0.2) is 76.5 Å². The lowest BCUT2D eigenvalue weighted by Crippen LogP contribution is -2.50. The lowest BCUT2D eigenvalue weighted by Gasteiger charge is -2.34. The van der Waals surface area contributed by atoms with Gasteiger partial charge in [-0.3, -0.25) is 4.79 Å². The van der Waals surface area contributed by atoms with Crippen LogP contribution in [0.15, 0.2) is 76.5 Å². The summed E-state index contributed by atoms with van der Waals surface area (Å²) in [6.07, 6.45) is 0. The molecule has 1 aliphatic heterocycles. The first-order chi connectivity index (χ1) is 15.6. The number of nitrogens with zero attached hydrogens (tertiary/aromatic N) is 3. The number of benzene rings is 3. The van der Waals surface area contributed by atoms with Crippen LogP contribution in [0.1, 0.15) is 10.4 Å². The molecule has 0 aliphatic carbocycles. The van der Waals surface area contributed by atoms with Crippen molar-refractivity contribution >= 4 is 36.7 Å². The van der Waals surface area contributed by atoms with Gasteiger partial charge in [0.1, 0.15) is 0 Å². The summed E-state index contributed by atoms with van der Waals surface area (Å²) in [7, 11) is -4.36. The molecule has 0 atom stereocenters. The van der Waals surface area contributed by atoms with Gasteiger partial charge in [0.25, 0.3) is 5.91 Å². The molecule has 0 unspecified atom stereocenters. The van der Waals surface area contributed by atoms with Crippen LogP contribution in [0.4, 0.5) is 0 Å². The summed E-state index contributed by atoms with van der Waals surface area (Å²) < 4.78 is 53.2. The third kappa shape index (κ3) is 4.51. The Kier molecular flexibility index (Phi) is 6.28. The van der Waals surface area contributed by atoms with E-state index < -0.39 is 20.0 Å². The van der Waals surface area contributed by atoms with Crippen molar-refractivity contribution in [1.29, 1.82) is 0 Å². The third-order valence-corrected chi connectivity index (χ3v) is 9.49. The second-order valence-corrected chi connectivity index (χ2v) is 12.1. The van der Waals surface area contributed by atoms with E-state index in [0.717, 1.165) is 15.1 Å². The Morgan fingerprint density at radius 3 is 1.94 bits per heavy atom. The minimum Gasteiger partial charge on any atom is -0.336 e. The normalized spacial score (nSPS) is 15.8. The maximum absolute atomic E-state index is 13.1. The molecule has 0 bridgehead atoms. The highest BCUT2D eigenvalue weighted by molar-refractivity contribution is 7.89. The second kappa shape index (κ2) is 8.86. The van der Waals surface area contributed by atoms with Crippen LogP contribution in [0.3, 0.4) is 0 Å². The summed E-state index contributed by atoms with van der Waals surface area (Å²) in [6, 6.07) is 18.4. The molecule has 1 heterocycles. The molecule has 0 radical (unpaired) electrons. The zero-order valence-corrected chi connectivity index (χ0v) is 20.0. The van der Waals surface area contributed by atoms with Crippen molar-refractivity contribution in [2.45, 2.75) is 9.79 Å². The molecule has 3 aromatic rings. The standard InChI is InChI=1S/C23H25N3O5S2/c1-24(2)32(28,29)21-10-8-19(9-11-21)23(27)25-13-15-26(16-14-25)33(30,31)22-12-7-18-5-3-4-6-20(18)17-22/h3-12,17H,13-16H2,1-2H3. The Balaban J connectivity index is 1.45. The number of rotatable bonds is 5. The van der Waals surface area contributed by atoms with E-state index in [1.807, 2.05) is 24.3 Å². The first-order valence-electron chi connectivity index (χ1n) is 10.4. The number of hydrogen-bond donors (Lipinski definition) is 0. The minimum atomic E-state index is -3.67. The average Bonchev–Trinajstić information content (AvgIpc) is 2.83. The molecule has 1 aliphatic rings. The molecule has 0 saturated carbocycles. The van der Waals surface area contributed by atoms with Crippen molar-refractivity contribution < 1.29 is 21.6 Å². The maximum Gasteiger partial charge on any atom is 0.253 e. The van der Waals surface area contributed by atoms with Gasteiger partial charge in [-0.15, -0.1) is 0 Å². The van der Waals surface area contributed by atoms with Gasteiger partial charge in [-0.25, -0.2) is 21.1 Å². The monoisotopic (exact) mass is 487 g/mol. The number of amides is 1. The van der Waals surface area contributed by atoms with Gasteiger partial charge in [0.05, 0.1) is 9.79 Å². The Morgan fingerprint density at radius 2 is 1.33 bits per heavy atom. The van der Waals surface area contributed by atoms with E-state index in [1.165, 1.54) is 42.7 Å². The lowest BCUT2D eigenvalue weighted by atomic mass is 10.1. The molecule has 10 heteroatoms. The molecule has 33 heavy (non-hydrogen) atoms. The molecule has 3 aromatic carbocycles. The topological polar surface area (TPSA) is 95.1 Å². The number of carbonyl (C=O) groups is 1. The van der Waals surface area contributed by atoms with Gasteiger partial charge in [-0.1, -0.05) is 30.3 Å². The first-order valence-corrected chi connectivity index (χ1v) is 13.3. The summed E-state index contributed by atoms with van der Waals surface area (Å²) in [5.74, 6) is -0.258. The van der Waals surface area contributed by atoms with E-state index in [4.69, 9.17) is 0 Å². The van der Waals surface area contributed by atoms with Crippen molar-refractivity contribution in [3.63, 3.8) is 0 Å². The number of fused-ring (bicyclic) bond motifs is 1. The Bertz CT molecular complexity index is 1390. The van der Waals surface area contributed by atoms with Crippen LogP contribution in [0.2, 0.25) is 0 Å². The largest absolute Gasteiger partial charge is 0.336 e. The molecular weight excluding hydrogens is 462 g/mol. The quantitative estimate of drug-likeness (QED) is 0.550. The summed E-state index contributed by atoms with van der Waals surface area (Å²) >= 11 is 0. The summed E-state index contributed by atoms with van der Waals surface area (Å²) in [5.41, 5.74) is 0.360. The number of carbonyl (C=O) groups excluding carboxylic acids is 1. The van der Waals surface area contributed by atoms with Crippen LogP contribution in [0.5, 0.6) is 0 Å². The second-order valence-electron chi connectivity index (χ2n) is 8.02. The van der Waals surface area contributed by atoms with Gasteiger partial charge >= 0.3 is 0 Å². The van der Waals surface area contributed by atoms with Gasteiger partial charge in [-0.05, 0) is 47.2 Å². The Hall–Kier alpha value is -2.79. The van der Waals surface area contributed by atoms with Crippen molar-refractivity contribution in [2.24, 2.45) is 0 Å². The fourth-order valence-corrected chi connectivity index (χ4v) is 6.13. The zero-order chi connectivity index (χ0) is 23.8. The molecule has 0 spiro atoms. The molecule has 4 rings (SSSR count). The van der Waals surface area contributed by atoms with Crippen molar-refractivity contribution in [3.8, 4) is 0 Å². The molecule has 8 nitrogen and oxygen atoms in total. The minimum absolute atomic E-state index is 0.107. The number of piperazine rings is 1. The average molecular weight is 488 g/mol. The van der Waals surface area contributed by atoms with Crippen LogP contribution in [0.25, 0.3) is 10.8 Å². The van der Waals surface area contributed by atoms with Gasteiger partial charge in [-0.2, -0.15) is 4.31 Å². The molecule has 174 valence electrons. The van der Waals surface area contributed by atoms with Crippen molar-refractivity contribution in [3.05, 3.63) is 72.3 Å². The number of sulfonamides is 2. The van der Waals surface area contributed by atoms with Crippen LogP contribution < -0.4 is 0 Å². The molecular formula is C23H25N3O5S2. The zero-order valence-electron chi connectivity index (χ0n) is 18.4. The van der Waals surface area contributed by atoms with Crippen molar-refractivity contribution in [2.75, 3.05) is 40.3 Å². The van der Waals surface area contributed by atoms with Gasteiger partial charge < -0.3 is 4.90 Å². The maximum atomic E-state index is 13.1. The summed E-state index contributed by atoms with van der Waals surface area (Å²) in [5, 5.41) is 1.82. The van der Waals surface area contributed by atoms with E-state index in [9.17, 15) is 21.6 Å². The van der Waals surface area contributed by atoms with Gasteiger partial charge in [0.2, 0.25) is 20.0 Å². The first kappa shape index (κ1) is 23.4. The Labute approximate surface area is 194 Å². The molecule has 1 fully saturated rings. The fourth-order valence-electron chi connectivity index (χ4n) is 3.77. The van der Waals surface area contributed by atoms with Crippen LogP contribution in [-0.2, 0) is 20.0 Å². The van der Waals surface area contributed by atoms with E-state index >= 15 is 0 Å². The Morgan fingerprint density at radius 1 is 0.758 bits per heavy atom. The highest BCUT2D eigenvalue weighted by Gasteiger charge is 2.30. The molecule has 1 saturated heterocycles. The van der Waals surface area contributed by atoms with Crippen LogP contribution in [0, 0.1) is 0 Å². The predicted octanol–water partition coefficient (Wildman–Crippen LogP) is 2.24.